The van der Waals surface area contributed by atoms with Gasteiger partial charge in [0.1, 0.15) is 11.6 Å². The largest absolute Gasteiger partial charge is 0.373 e. The summed E-state index contributed by atoms with van der Waals surface area (Å²) >= 11 is 3.08. The van der Waals surface area contributed by atoms with Gasteiger partial charge in [-0.1, -0.05) is 0 Å². The molecule has 1 saturated carbocycles. The minimum Gasteiger partial charge on any atom is -0.373 e. The van der Waals surface area contributed by atoms with Gasteiger partial charge >= 0.3 is 0 Å². The van der Waals surface area contributed by atoms with E-state index in [9.17, 15) is 13.6 Å². The molecule has 1 aliphatic rings. The van der Waals surface area contributed by atoms with Crippen LogP contribution in [0.25, 0.3) is 0 Å². The molecule has 6 heteroatoms. The molecule has 1 aromatic rings. The predicted molar refractivity (Wildman–Crippen MR) is 73.0 cm³/mol. The molecule has 104 valence electrons. The first kappa shape index (κ1) is 14.2. The number of carbonyl (C=O) groups excluding carboxylic acids is 1. The maximum Gasteiger partial charge on any atom is 0.242 e. The fraction of sp³-hybridized carbons (Fsp3) is 0.462. The van der Waals surface area contributed by atoms with Crippen molar-refractivity contribution in [1.82, 2.24) is 4.90 Å². The Kier molecular flexibility index (Phi) is 4.39. The van der Waals surface area contributed by atoms with Crippen LogP contribution in [0.3, 0.4) is 0 Å². The van der Waals surface area contributed by atoms with Gasteiger partial charge in [0.2, 0.25) is 5.91 Å². The second-order valence-corrected chi connectivity index (χ2v) is 5.36. The van der Waals surface area contributed by atoms with Gasteiger partial charge in [-0.05, 0) is 41.8 Å². The van der Waals surface area contributed by atoms with Gasteiger partial charge < -0.3 is 10.2 Å². The molecule has 1 amide bonds. The second kappa shape index (κ2) is 5.86. The number of halogens is 3. The number of amides is 1. The van der Waals surface area contributed by atoms with Crippen LogP contribution < -0.4 is 5.32 Å². The predicted octanol–water partition coefficient (Wildman–Crippen LogP) is 3.15. The van der Waals surface area contributed by atoms with Gasteiger partial charge in [0, 0.05) is 23.1 Å². The van der Waals surface area contributed by atoms with Crippen LogP contribution in [0.1, 0.15) is 19.8 Å². The maximum absolute atomic E-state index is 13.6. The second-order valence-electron chi connectivity index (χ2n) is 4.51. The summed E-state index contributed by atoms with van der Waals surface area (Å²) in [5.41, 5.74) is 0.113. The summed E-state index contributed by atoms with van der Waals surface area (Å²) in [5, 5.41) is 2.73. The van der Waals surface area contributed by atoms with Crippen molar-refractivity contribution in [3.63, 3.8) is 0 Å². The molecule has 19 heavy (non-hydrogen) atoms. The lowest BCUT2D eigenvalue weighted by molar-refractivity contribution is -0.129. The van der Waals surface area contributed by atoms with Crippen LogP contribution in [0.4, 0.5) is 14.5 Å². The molecule has 1 fully saturated rings. The standard InChI is InChI=1S/C13H15BrF2N2O/c1-2-18(9-3-4-9)12(19)7-17-13-10(14)5-8(15)6-11(13)16/h5-6,9,17H,2-4,7H2,1H3. The summed E-state index contributed by atoms with van der Waals surface area (Å²) < 4.78 is 26.8. The Morgan fingerprint density at radius 3 is 2.68 bits per heavy atom. The first-order valence-corrected chi connectivity index (χ1v) is 7.00. The third kappa shape index (κ3) is 3.43. The molecule has 0 aromatic heterocycles. The number of hydrogen-bond donors (Lipinski definition) is 1. The Labute approximate surface area is 119 Å². The van der Waals surface area contributed by atoms with Crippen LogP contribution in [-0.4, -0.2) is 29.9 Å². The average Bonchev–Trinajstić information content (AvgIpc) is 3.13. The molecule has 1 aromatic carbocycles. The lowest BCUT2D eigenvalue weighted by Crippen LogP contribution is -2.37. The van der Waals surface area contributed by atoms with Crippen LogP contribution in [0.15, 0.2) is 16.6 Å². The summed E-state index contributed by atoms with van der Waals surface area (Å²) in [6.07, 6.45) is 2.07. The third-order valence-corrected chi connectivity index (χ3v) is 3.70. The van der Waals surface area contributed by atoms with Crippen molar-refractivity contribution < 1.29 is 13.6 Å². The highest BCUT2D eigenvalue weighted by atomic mass is 79.9. The number of nitrogens with zero attached hydrogens (tertiary/aromatic N) is 1. The molecule has 0 atom stereocenters. The fourth-order valence-corrected chi connectivity index (χ4v) is 2.55. The van der Waals surface area contributed by atoms with Gasteiger partial charge in [-0.15, -0.1) is 0 Å². The number of nitrogens with one attached hydrogen (secondary N) is 1. The van der Waals surface area contributed by atoms with Crippen molar-refractivity contribution in [3.05, 3.63) is 28.2 Å². The third-order valence-electron chi connectivity index (χ3n) is 3.07. The summed E-state index contributed by atoms with van der Waals surface area (Å²) in [6.45, 7) is 2.58. The van der Waals surface area contributed by atoms with Crippen molar-refractivity contribution in [1.29, 1.82) is 0 Å². The average molecular weight is 333 g/mol. The van der Waals surface area contributed by atoms with Gasteiger partial charge in [-0.25, -0.2) is 8.78 Å². The Balaban J connectivity index is 2.00. The molecule has 0 saturated heterocycles. The van der Waals surface area contributed by atoms with E-state index in [1.807, 2.05) is 6.92 Å². The van der Waals surface area contributed by atoms with Gasteiger partial charge in [-0.3, -0.25) is 4.79 Å². The van der Waals surface area contributed by atoms with Crippen LogP contribution in [0.5, 0.6) is 0 Å². The normalized spacial score (nSPS) is 14.3. The molecule has 2 rings (SSSR count). The molecule has 1 aliphatic carbocycles. The molecular formula is C13H15BrF2N2O. The number of benzene rings is 1. The lowest BCUT2D eigenvalue weighted by atomic mass is 10.3. The number of rotatable bonds is 5. The highest BCUT2D eigenvalue weighted by Crippen LogP contribution is 2.28. The lowest BCUT2D eigenvalue weighted by Gasteiger charge is -2.21. The molecule has 0 bridgehead atoms. The molecule has 0 unspecified atom stereocenters. The van der Waals surface area contributed by atoms with Gasteiger partial charge in [0.05, 0.1) is 12.2 Å². The monoisotopic (exact) mass is 332 g/mol. The highest BCUT2D eigenvalue weighted by molar-refractivity contribution is 9.10. The van der Waals surface area contributed by atoms with E-state index in [-0.39, 0.29) is 22.6 Å². The van der Waals surface area contributed by atoms with Crippen LogP contribution >= 0.6 is 15.9 Å². The Hall–Kier alpha value is -1.17. The minimum absolute atomic E-state index is 0.00545. The molecule has 0 heterocycles. The SMILES string of the molecule is CCN(C(=O)CNc1c(F)cc(F)cc1Br)C1CC1. The number of likely N-dealkylation sites (N-methyl/N-ethyl adjacent to an activating group) is 1. The zero-order chi connectivity index (χ0) is 14.0. The molecule has 3 nitrogen and oxygen atoms in total. The number of hydrogen-bond acceptors (Lipinski definition) is 2. The first-order chi connectivity index (χ1) is 9.02. The minimum atomic E-state index is -0.714. The highest BCUT2D eigenvalue weighted by Gasteiger charge is 2.31. The van der Waals surface area contributed by atoms with E-state index in [2.05, 4.69) is 21.2 Å². The Bertz CT molecular complexity index is 469. The molecule has 1 N–H and O–H groups in total. The topological polar surface area (TPSA) is 32.3 Å². The first-order valence-electron chi connectivity index (χ1n) is 6.20. The maximum atomic E-state index is 13.6. The Morgan fingerprint density at radius 1 is 1.47 bits per heavy atom. The van der Waals surface area contributed by atoms with Crippen molar-refractivity contribution >= 4 is 27.5 Å². The number of carbonyl (C=O) groups is 1. The van der Waals surface area contributed by atoms with E-state index in [1.54, 1.807) is 4.90 Å². The van der Waals surface area contributed by atoms with Crippen LogP contribution in [-0.2, 0) is 4.79 Å². The van der Waals surface area contributed by atoms with Crippen molar-refractivity contribution in [2.24, 2.45) is 0 Å². The summed E-state index contributed by atoms with van der Waals surface area (Å²) in [4.78, 5) is 13.8. The zero-order valence-corrected chi connectivity index (χ0v) is 12.1. The van der Waals surface area contributed by atoms with Gasteiger partial charge in [-0.2, -0.15) is 0 Å². The van der Waals surface area contributed by atoms with Crippen molar-refractivity contribution in [2.75, 3.05) is 18.4 Å². The van der Waals surface area contributed by atoms with Crippen molar-refractivity contribution in [2.45, 2.75) is 25.8 Å². The molecule has 0 spiro atoms. The van der Waals surface area contributed by atoms with Gasteiger partial charge in [0.15, 0.2) is 0 Å². The zero-order valence-electron chi connectivity index (χ0n) is 10.5. The van der Waals surface area contributed by atoms with Crippen molar-refractivity contribution in [3.8, 4) is 0 Å². The molecule has 0 radical (unpaired) electrons. The van der Waals surface area contributed by atoms with E-state index in [4.69, 9.17) is 0 Å². The molecule has 0 aliphatic heterocycles. The van der Waals surface area contributed by atoms with E-state index in [1.165, 1.54) is 0 Å². The quantitative estimate of drug-likeness (QED) is 0.898. The van der Waals surface area contributed by atoms with Crippen LogP contribution in [0, 0.1) is 11.6 Å². The van der Waals surface area contributed by atoms with Crippen LogP contribution in [0.2, 0.25) is 0 Å². The smallest absolute Gasteiger partial charge is 0.242 e. The summed E-state index contributed by atoms with van der Waals surface area (Å²) in [7, 11) is 0. The van der Waals surface area contributed by atoms with E-state index in [0.29, 0.717) is 12.6 Å². The van der Waals surface area contributed by atoms with E-state index >= 15 is 0 Å². The van der Waals surface area contributed by atoms with E-state index < -0.39 is 11.6 Å². The Morgan fingerprint density at radius 2 is 2.16 bits per heavy atom. The number of anilines is 1. The molecular weight excluding hydrogens is 318 g/mol. The summed E-state index contributed by atoms with van der Waals surface area (Å²) in [6, 6.07) is 2.28. The summed E-state index contributed by atoms with van der Waals surface area (Å²) in [5.74, 6) is -1.44. The fourth-order valence-electron chi connectivity index (χ4n) is 2.00. The van der Waals surface area contributed by atoms with Gasteiger partial charge in [0.25, 0.3) is 0 Å². The van der Waals surface area contributed by atoms with E-state index in [0.717, 1.165) is 25.0 Å².